The van der Waals surface area contributed by atoms with Gasteiger partial charge in [-0.2, -0.15) is 0 Å². The van der Waals surface area contributed by atoms with Gasteiger partial charge in [-0.1, -0.05) is 0 Å². The van der Waals surface area contributed by atoms with Gasteiger partial charge < -0.3 is 15.3 Å². The van der Waals surface area contributed by atoms with Gasteiger partial charge in [-0.25, -0.2) is 4.79 Å². The van der Waals surface area contributed by atoms with Crippen molar-refractivity contribution in [3.63, 3.8) is 0 Å². The molecule has 1 heterocycles. The lowest BCUT2D eigenvalue weighted by Gasteiger charge is -2.21. The minimum atomic E-state index is -1.17. The van der Waals surface area contributed by atoms with Crippen LogP contribution < -0.4 is 5.32 Å². The number of carboxylic acids is 1. The van der Waals surface area contributed by atoms with Gasteiger partial charge in [0.15, 0.2) is 0 Å². The van der Waals surface area contributed by atoms with E-state index in [4.69, 9.17) is 11.5 Å². The summed E-state index contributed by atoms with van der Waals surface area (Å²) in [5.74, 6) is 0.0172. The molecule has 1 rings (SSSR count). The molecular weight excluding hydrogens is 248 g/mol. The van der Waals surface area contributed by atoms with Crippen molar-refractivity contribution in [2.24, 2.45) is 5.92 Å². The van der Waals surface area contributed by atoms with Crippen LogP contribution in [0.1, 0.15) is 26.7 Å². The highest BCUT2D eigenvalue weighted by Crippen LogP contribution is 2.20. The second kappa shape index (κ2) is 6.23. The maximum absolute atomic E-state index is 11.9. The molecule has 0 aromatic rings. The fourth-order valence-corrected chi connectivity index (χ4v) is 2.01. The number of terminal acetylenes is 1. The number of aliphatic carboxylic acids is 1. The summed E-state index contributed by atoms with van der Waals surface area (Å²) in [6.07, 6.45) is 5.10. The Morgan fingerprint density at radius 2 is 2.21 bits per heavy atom. The molecule has 6 nitrogen and oxygen atoms in total. The van der Waals surface area contributed by atoms with Crippen molar-refractivity contribution >= 4 is 17.8 Å². The topological polar surface area (TPSA) is 86.7 Å². The zero-order valence-corrected chi connectivity index (χ0v) is 11.0. The van der Waals surface area contributed by atoms with E-state index in [2.05, 4.69) is 11.2 Å². The van der Waals surface area contributed by atoms with Crippen LogP contribution in [0.4, 0.5) is 0 Å². The Bertz CT molecular complexity index is 425. The second-order valence-electron chi connectivity index (χ2n) is 4.85. The van der Waals surface area contributed by atoms with Crippen LogP contribution >= 0.6 is 0 Å². The predicted molar refractivity (Wildman–Crippen MR) is 68.0 cm³/mol. The number of rotatable bonds is 5. The fourth-order valence-electron chi connectivity index (χ4n) is 2.01. The number of amides is 2. The van der Waals surface area contributed by atoms with Gasteiger partial charge in [-0.15, -0.1) is 12.3 Å². The van der Waals surface area contributed by atoms with Gasteiger partial charge in [0.25, 0.3) is 0 Å². The lowest BCUT2D eigenvalue weighted by Crippen LogP contribution is -2.44. The van der Waals surface area contributed by atoms with Crippen LogP contribution in [0, 0.1) is 18.3 Å². The Morgan fingerprint density at radius 1 is 1.58 bits per heavy atom. The molecule has 0 radical (unpaired) electrons. The van der Waals surface area contributed by atoms with Crippen molar-refractivity contribution in [1.82, 2.24) is 10.2 Å². The van der Waals surface area contributed by atoms with Crippen molar-refractivity contribution in [2.45, 2.75) is 38.8 Å². The van der Waals surface area contributed by atoms with E-state index in [0.717, 1.165) is 0 Å². The Balaban J connectivity index is 2.62. The first-order valence-electron chi connectivity index (χ1n) is 6.13. The maximum atomic E-state index is 11.9. The normalized spacial score (nSPS) is 20.2. The third kappa shape index (κ3) is 3.71. The average Bonchev–Trinajstić information content (AvgIpc) is 2.70. The highest BCUT2D eigenvalue weighted by atomic mass is 16.4. The van der Waals surface area contributed by atoms with Crippen LogP contribution in [0.25, 0.3) is 0 Å². The van der Waals surface area contributed by atoms with Gasteiger partial charge in [-0.3, -0.25) is 9.59 Å². The van der Waals surface area contributed by atoms with Crippen molar-refractivity contribution in [1.29, 1.82) is 0 Å². The van der Waals surface area contributed by atoms with Crippen LogP contribution in [-0.2, 0) is 14.4 Å². The SMILES string of the molecule is C#CCC(NC(=O)C1CC(=O)N(C(C)C)C1)C(=O)O. The van der Waals surface area contributed by atoms with E-state index < -0.39 is 23.8 Å². The highest BCUT2D eigenvalue weighted by Gasteiger charge is 2.36. The predicted octanol–water partition coefficient (Wildman–Crippen LogP) is -0.164. The number of nitrogens with one attached hydrogen (secondary N) is 1. The molecule has 19 heavy (non-hydrogen) atoms. The van der Waals surface area contributed by atoms with E-state index in [9.17, 15) is 14.4 Å². The molecule has 0 aliphatic carbocycles. The first kappa shape index (κ1) is 15.0. The number of nitrogens with zero attached hydrogens (tertiary/aromatic N) is 1. The number of carbonyl (C=O) groups excluding carboxylic acids is 2. The molecule has 2 unspecified atom stereocenters. The van der Waals surface area contributed by atoms with Crippen molar-refractivity contribution in [3.05, 3.63) is 0 Å². The average molecular weight is 266 g/mol. The van der Waals surface area contributed by atoms with E-state index in [1.54, 1.807) is 4.90 Å². The fraction of sp³-hybridized carbons (Fsp3) is 0.615. The molecule has 0 saturated carbocycles. The first-order chi connectivity index (χ1) is 8.86. The summed E-state index contributed by atoms with van der Waals surface area (Å²) in [5, 5.41) is 11.3. The van der Waals surface area contributed by atoms with Gasteiger partial charge in [0.1, 0.15) is 6.04 Å². The Hall–Kier alpha value is -2.03. The largest absolute Gasteiger partial charge is 0.480 e. The van der Waals surface area contributed by atoms with E-state index >= 15 is 0 Å². The van der Waals surface area contributed by atoms with Gasteiger partial charge in [0.2, 0.25) is 11.8 Å². The summed E-state index contributed by atoms with van der Waals surface area (Å²) >= 11 is 0. The van der Waals surface area contributed by atoms with Crippen LogP contribution in [0.3, 0.4) is 0 Å². The Morgan fingerprint density at radius 3 is 2.63 bits per heavy atom. The highest BCUT2D eigenvalue weighted by molar-refractivity contribution is 5.91. The molecule has 1 aliphatic heterocycles. The van der Waals surface area contributed by atoms with Crippen LogP contribution in [0.5, 0.6) is 0 Å². The number of hydrogen-bond donors (Lipinski definition) is 2. The Labute approximate surface area is 112 Å². The Kier molecular flexibility index (Phi) is 4.93. The maximum Gasteiger partial charge on any atom is 0.327 e. The molecule has 2 amide bonds. The molecule has 6 heteroatoms. The summed E-state index contributed by atoms with van der Waals surface area (Å²) in [6.45, 7) is 4.07. The van der Waals surface area contributed by atoms with E-state index in [-0.39, 0.29) is 24.8 Å². The second-order valence-corrected chi connectivity index (χ2v) is 4.85. The van der Waals surface area contributed by atoms with Crippen LogP contribution in [-0.4, -0.2) is 46.4 Å². The molecule has 1 fully saturated rings. The number of carboxylic acid groups (broad SMARTS) is 1. The van der Waals surface area contributed by atoms with E-state index in [1.165, 1.54) is 0 Å². The summed E-state index contributed by atoms with van der Waals surface area (Å²) < 4.78 is 0. The molecule has 2 atom stereocenters. The molecule has 104 valence electrons. The van der Waals surface area contributed by atoms with Crippen molar-refractivity contribution in [2.75, 3.05) is 6.54 Å². The summed E-state index contributed by atoms with van der Waals surface area (Å²) in [6, 6.07) is -1.06. The molecular formula is C13H18N2O4. The van der Waals surface area contributed by atoms with Crippen molar-refractivity contribution in [3.8, 4) is 12.3 Å². The van der Waals surface area contributed by atoms with Gasteiger partial charge >= 0.3 is 5.97 Å². The van der Waals surface area contributed by atoms with Crippen LogP contribution in [0.2, 0.25) is 0 Å². The van der Waals surface area contributed by atoms with E-state index in [0.29, 0.717) is 6.54 Å². The molecule has 2 N–H and O–H groups in total. The monoisotopic (exact) mass is 266 g/mol. The minimum absolute atomic E-state index is 0.0336. The number of hydrogen-bond acceptors (Lipinski definition) is 3. The van der Waals surface area contributed by atoms with Gasteiger partial charge in [-0.05, 0) is 13.8 Å². The zero-order chi connectivity index (χ0) is 14.6. The third-order valence-electron chi connectivity index (χ3n) is 3.09. The number of carbonyl (C=O) groups is 3. The summed E-state index contributed by atoms with van der Waals surface area (Å²) in [5.41, 5.74) is 0. The molecule has 0 aromatic heterocycles. The van der Waals surface area contributed by atoms with Gasteiger partial charge in [0, 0.05) is 25.4 Å². The molecule has 1 aliphatic rings. The van der Waals surface area contributed by atoms with Crippen molar-refractivity contribution < 1.29 is 19.5 Å². The summed E-state index contributed by atoms with van der Waals surface area (Å²) in [4.78, 5) is 36.1. The van der Waals surface area contributed by atoms with E-state index in [1.807, 2.05) is 13.8 Å². The minimum Gasteiger partial charge on any atom is -0.480 e. The van der Waals surface area contributed by atoms with Crippen LogP contribution in [0.15, 0.2) is 0 Å². The smallest absolute Gasteiger partial charge is 0.327 e. The third-order valence-corrected chi connectivity index (χ3v) is 3.09. The summed E-state index contributed by atoms with van der Waals surface area (Å²) in [7, 11) is 0. The molecule has 0 bridgehead atoms. The van der Waals surface area contributed by atoms with Gasteiger partial charge in [0.05, 0.1) is 5.92 Å². The molecule has 1 saturated heterocycles. The zero-order valence-electron chi connectivity index (χ0n) is 11.0. The standard InChI is InChI=1S/C13H18N2O4/c1-4-5-10(13(18)19)14-12(17)9-6-11(16)15(7-9)8(2)3/h1,8-10H,5-7H2,2-3H3,(H,14,17)(H,18,19). The quantitative estimate of drug-likeness (QED) is 0.677. The molecule has 0 aromatic carbocycles. The number of likely N-dealkylation sites (tertiary alicyclic amines) is 1. The molecule has 0 spiro atoms. The first-order valence-corrected chi connectivity index (χ1v) is 6.13. The lowest BCUT2D eigenvalue weighted by atomic mass is 10.1. The lowest BCUT2D eigenvalue weighted by molar-refractivity contribution is -0.142.